The van der Waals surface area contributed by atoms with Crippen LogP contribution in [-0.4, -0.2) is 39.7 Å². The first kappa shape index (κ1) is 12.3. The van der Waals surface area contributed by atoms with Gasteiger partial charge in [-0.05, 0) is 24.3 Å². The number of hydrogen-bond donors (Lipinski definition) is 2. The molecule has 7 heteroatoms. The number of rotatable bonds is 2. The van der Waals surface area contributed by atoms with Crippen molar-refractivity contribution in [1.82, 2.24) is 9.97 Å². The quantitative estimate of drug-likeness (QED) is 0.851. The predicted octanol–water partition coefficient (Wildman–Crippen LogP) is 0.992. The maximum Gasteiger partial charge on any atom is 0.325 e. The molecule has 1 aliphatic rings. The number of hydrogen-bond acceptors (Lipinski definition) is 6. The summed E-state index contributed by atoms with van der Waals surface area (Å²) in [6, 6.07) is 0. The molecular formula is C12H14N4O2S. The summed E-state index contributed by atoms with van der Waals surface area (Å²) in [6.07, 6.45) is 1.95. The lowest BCUT2D eigenvalue weighted by Crippen LogP contribution is -2.50. The van der Waals surface area contributed by atoms with Crippen LogP contribution in [0.4, 0.5) is 5.82 Å². The van der Waals surface area contributed by atoms with E-state index in [0.29, 0.717) is 13.0 Å². The Morgan fingerprint density at radius 1 is 1.58 bits per heavy atom. The van der Waals surface area contributed by atoms with E-state index < -0.39 is 11.5 Å². The van der Waals surface area contributed by atoms with Gasteiger partial charge in [0, 0.05) is 13.1 Å². The van der Waals surface area contributed by atoms with Crippen molar-refractivity contribution in [3.63, 3.8) is 0 Å². The van der Waals surface area contributed by atoms with E-state index in [1.807, 2.05) is 17.2 Å². The maximum atomic E-state index is 11.2. The van der Waals surface area contributed by atoms with Crippen LogP contribution in [0.1, 0.15) is 12.0 Å². The summed E-state index contributed by atoms with van der Waals surface area (Å²) in [5.41, 5.74) is 6.76. The Bertz CT molecular complexity index is 656. The molecule has 0 aromatic carbocycles. The van der Waals surface area contributed by atoms with Gasteiger partial charge in [0.15, 0.2) is 0 Å². The Morgan fingerprint density at radius 3 is 3.05 bits per heavy atom. The van der Waals surface area contributed by atoms with Gasteiger partial charge in [-0.1, -0.05) is 0 Å². The molecule has 1 fully saturated rings. The highest BCUT2D eigenvalue weighted by Gasteiger charge is 2.42. The molecule has 19 heavy (non-hydrogen) atoms. The molecule has 3 rings (SSSR count). The second-order valence-electron chi connectivity index (χ2n) is 4.93. The first-order valence-electron chi connectivity index (χ1n) is 5.97. The van der Waals surface area contributed by atoms with Crippen LogP contribution in [0.15, 0.2) is 11.7 Å². The smallest absolute Gasteiger partial charge is 0.325 e. The molecule has 0 amide bonds. The summed E-state index contributed by atoms with van der Waals surface area (Å²) in [7, 11) is 0. The summed E-state index contributed by atoms with van der Waals surface area (Å²) < 4.78 is 0.995. The van der Waals surface area contributed by atoms with Crippen molar-refractivity contribution in [2.45, 2.75) is 18.9 Å². The van der Waals surface area contributed by atoms with Gasteiger partial charge < -0.3 is 15.7 Å². The standard InChI is InChI=1S/C12H14N4O2S/c1-7-4-19-9-8(7)14-6-15-10(9)16-3-2-12(13,5-16)11(17)18/h4,6H,2-3,5,13H2,1H3,(H,17,18). The number of fused-ring (bicyclic) bond motifs is 1. The average Bonchev–Trinajstić information content (AvgIpc) is 2.95. The van der Waals surface area contributed by atoms with Crippen molar-refractivity contribution < 1.29 is 9.90 Å². The van der Waals surface area contributed by atoms with E-state index in [-0.39, 0.29) is 6.54 Å². The summed E-state index contributed by atoms with van der Waals surface area (Å²) in [4.78, 5) is 21.7. The number of carboxylic acid groups (broad SMARTS) is 1. The number of aliphatic carboxylic acids is 1. The van der Waals surface area contributed by atoms with Crippen molar-refractivity contribution in [1.29, 1.82) is 0 Å². The SMILES string of the molecule is Cc1csc2c(N3CCC(N)(C(=O)O)C3)ncnc12. The molecule has 0 aliphatic carbocycles. The molecule has 3 N–H and O–H groups in total. The van der Waals surface area contributed by atoms with Crippen LogP contribution >= 0.6 is 11.3 Å². The van der Waals surface area contributed by atoms with E-state index in [1.54, 1.807) is 11.3 Å². The maximum absolute atomic E-state index is 11.2. The molecule has 3 heterocycles. The zero-order chi connectivity index (χ0) is 13.6. The van der Waals surface area contributed by atoms with Crippen LogP contribution in [0.25, 0.3) is 10.2 Å². The van der Waals surface area contributed by atoms with Crippen molar-refractivity contribution in [2.24, 2.45) is 5.73 Å². The molecule has 1 unspecified atom stereocenters. The van der Waals surface area contributed by atoms with E-state index >= 15 is 0 Å². The molecule has 2 aromatic heterocycles. The number of thiophene rings is 1. The number of nitrogens with zero attached hydrogens (tertiary/aromatic N) is 3. The fourth-order valence-corrected chi connectivity index (χ4v) is 3.39. The number of anilines is 1. The normalized spacial score (nSPS) is 23.2. The Morgan fingerprint density at radius 2 is 2.37 bits per heavy atom. The van der Waals surface area contributed by atoms with E-state index in [2.05, 4.69) is 9.97 Å². The van der Waals surface area contributed by atoms with Gasteiger partial charge in [0.25, 0.3) is 0 Å². The van der Waals surface area contributed by atoms with Crippen LogP contribution in [0.5, 0.6) is 0 Å². The van der Waals surface area contributed by atoms with Gasteiger partial charge in [-0.15, -0.1) is 11.3 Å². The molecule has 1 saturated heterocycles. The summed E-state index contributed by atoms with van der Waals surface area (Å²) in [5, 5.41) is 11.2. The zero-order valence-corrected chi connectivity index (χ0v) is 11.3. The minimum Gasteiger partial charge on any atom is -0.480 e. The predicted molar refractivity (Wildman–Crippen MR) is 73.5 cm³/mol. The van der Waals surface area contributed by atoms with Crippen molar-refractivity contribution >= 4 is 33.3 Å². The second-order valence-corrected chi connectivity index (χ2v) is 5.81. The van der Waals surface area contributed by atoms with Crippen LogP contribution in [0.2, 0.25) is 0 Å². The summed E-state index contributed by atoms with van der Waals surface area (Å²) in [5.74, 6) is -0.167. The molecule has 2 aromatic rings. The first-order chi connectivity index (χ1) is 9.01. The zero-order valence-electron chi connectivity index (χ0n) is 10.5. The van der Waals surface area contributed by atoms with Crippen LogP contribution in [0.3, 0.4) is 0 Å². The van der Waals surface area contributed by atoms with E-state index in [4.69, 9.17) is 5.73 Å². The fourth-order valence-electron chi connectivity index (χ4n) is 2.37. The van der Waals surface area contributed by atoms with Crippen molar-refractivity contribution in [2.75, 3.05) is 18.0 Å². The summed E-state index contributed by atoms with van der Waals surface area (Å²) >= 11 is 1.58. The number of aryl methyl sites for hydroxylation is 1. The third-order valence-corrected chi connectivity index (χ3v) is 4.62. The van der Waals surface area contributed by atoms with Crippen LogP contribution in [0, 0.1) is 6.92 Å². The van der Waals surface area contributed by atoms with E-state index in [1.165, 1.54) is 6.33 Å². The van der Waals surface area contributed by atoms with Gasteiger partial charge in [-0.25, -0.2) is 9.97 Å². The van der Waals surface area contributed by atoms with Gasteiger partial charge in [-0.2, -0.15) is 0 Å². The Kier molecular flexibility index (Phi) is 2.68. The Labute approximate surface area is 113 Å². The van der Waals surface area contributed by atoms with Gasteiger partial charge in [0.2, 0.25) is 0 Å². The lowest BCUT2D eigenvalue weighted by atomic mass is 10.0. The third-order valence-electron chi connectivity index (χ3n) is 3.54. The topological polar surface area (TPSA) is 92.3 Å². The fraction of sp³-hybridized carbons (Fsp3) is 0.417. The van der Waals surface area contributed by atoms with Crippen LogP contribution in [-0.2, 0) is 4.79 Å². The molecule has 0 radical (unpaired) electrons. The molecule has 6 nitrogen and oxygen atoms in total. The minimum atomic E-state index is -1.18. The molecule has 1 atom stereocenters. The third kappa shape index (κ3) is 1.85. The van der Waals surface area contributed by atoms with Crippen LogP contribution < -0.4 is 10.6 Å². The largest absolute Gasteiger partial charge is 0.480 e. The Balaban J connectivity index is 2.00. The van der Waals surface area contributed by atoms with Gasteiger partial charge in [0.1, 0.15) is 17.7 Å². The van der Waals surface area contributed by atoms with Gasteiger partial charge >= 0.3 is 5.97 Å². The van der Waals surface area contributed by atoms with Gasteiger partial charge in [-0.3, -0.25) is 4.79 Å². The highest BCUT2D eigenvalue weighted by atomic mass is 32.1. The van der Waals surface area contributed by atoms with Crippen molar-refractivity contribution in [3.05, 3.63) is 17.3 Å². The monoisotopic (exact) mass is 278 g/mol. The summed E-state index contributed by atoms with van der Waals surface area (Å²) in [6.45, 7) is 2.89. The second kappa shape index (κ2) is 4.14. The number of carboxylic acids is 1. The highest BCUT2D eigenvalue weighted by molar-refractivity contribution is 7.18. The minimum absolute atomic E-state index is 0.283. The van der Waals surface area contributed by atoms with E-state index in [9.17, 15) is 9.90 Å². The van der Waals surface area contributed by atoms with Crippen molar-refractivity contribution in [3.8, 4) is 0 Å². The molecule has 0 saturated carbocycles. The Hall–Kier alpha value is -1.73. The number of aromatic nitrogens is 2. The molecular weight excluding hydrogens is 264 g/mol. The molecule has 0 spiro atoms. The highest BCUT2D eigenvalue weighted by Crippen LogP contribution is 2.33. The molecule has 100 valence electrons. The number of carbonyl (C=O) groups is 1. The molecule has 1 aliphatic heterocycles. The lowest BCUT2D eigenvalue weighted by molar-refractivity contribution is -0.142. The molecule has 0 bridgehead atoms. The van der Waals surface area contributed by atoms with E-state index in [0.717, 1.165) is 21.6 Å². The first-order valence-corrected chi connectivity index (χ1v) is 6.85. The lowest BCUT2D eigenvalue weighted by Gasteiger charge is -2.21. The average molecular weight is 278 g/mol. The number of nitrogens with two attached hydrogens (primary N) is 1. The van der Waals surface area contributed by atoms with Gasteiger partial charge in [0.05, 0.1) is 10.2 Å².